The number of carbonyl (C=O) groups excluding carboxylic acids is 6. The lowest BCUT2D eigenvalue weighted by molar-refractivity contribution is -0.140. The second kappa shape index (κ2) is 19.7. The molecule has 0 bridgehead atoms. The summed E-state index contributed by atoms with van der Waals surface area (Å²) in [4.78, 5) is 95.9. The fraction of sp³-hybridized carbons (Fsp3) is 0.658. The zero-order chi connectivity index (χ0) is 41.2. The number of carboxylic acids is 1. The van der Waals surface area contributed by atoms with Crippen LogP contribution < -0.4 is 31.9 Å². The predicted octanol–water partition coefficient (Wildman–Crippen LogP) is -0.178. The Balaban J connectivity index is 2.10. The first-order chi connectivity index (χ1) is 25.6. The normalized spacial score (nSPS) is 27.4. The molecule has 2 aliphatic rings. The van der Waals surface area contributed by atoms with Crippen LogP contribution in [0, 0.1) is 5.92 Å². The molecule has 9 N–H and O–H groups in total. The molecule has 2 saturated heterocycles. The van der Waals surface area contributed by atoms with Gasteiger partial charge in [-0.1, -0.05) is 26.0 Å². The van der Waals surface area contributed by atoms with E-state index in [2.05, 4.69) is 31.9 Å². The van der Waals surface area contributed by atoms with Gasteiger partial charge in [0.05, 0.1) is 24.6 Å². The third-order valence-electron chi connectivity index (χ3n) is 9.40. The van der Waals surface area contributed by atoms with E-state index in [1.807, 2.05) is 13.8 Å². The van der Waals surface area contributed by atoms with Gasteiger partial charge in [0.1, 0.15) is 23.9 Å². The van der Waals surface area contributed by atoms with Crippen molar-refractivity contribution in [2.75, 3.05) is 6.54 Å². The third-order valence-corrected chi connectivity index (χ3v) is 9.40. The van der Waals surface area contributed by atoms with Crippen LogP contribution in [0.25, 0.3) is 0 Å². The summed E-state index contributed by atoms with van der Waals surface area (Å²) < 4.78 is 0. The number of hydrogen-bond acceptors (Lipinski definition) is 10. The van der Waals surface area contributed by atoms with Crippen LogP contribution in [0.5, 0.6) is 5.75 Å². The molecule has 0 spiro atoms. The summed E-state index contributed by atoms with van der Waals surface area (Å²) in [5, 5.41) is 46.4. The highest BCUT2D eigenvalue weighted by molar-refractivity contribution is 5.92. The number of aliphatic carboxylic acids is 1. The van der Waals surface area contributed by atoms with Crippen LogP contribution in [0.3, 0.4) is 0 Å². The smallest absolute Gasteiger partial charge is 0.305 e. The Bertz CT molecular complexity index is 1540. The van der Waals surface area contributed by atoms with Gasteiger partial charge in [-0.3, -0.25) is 38.5 Å². The third kappa shape index (κ3) is 14.1. The van der Waals surface area contributed by atoms with E-state index < -0.39 is 108 Å². The Hall–Kier alpha value is -4.77. The molecule has 0 aromatic heterocycles. The van der Waals surface area contributed by atoms with E-state index in [1.165, 1.54) is 19.1 Å². The van der Waals surface area contributed by atoms with Gasteiger partial charge in [-0.15, -0.1) is 0 Å². The van der Waals surface area contributed by atoms with Crippen molar-refractivity contribution in [3.63, 3.8) is 0 Å². The van der Waals surface area contributed by atoms with Gasteiger partial charge in [0.2, 0.25) is 35.4 Å². The number of phenolic OH excluding ortho intramolecular Hbond substituents is 1. The molecule has 6 amide bonds. The second-order valence-corrected chi connectivity index (χ2v) is 16.2. The van der Waals surface area contributed by atoms with Crippen molar-refractivity contribution in [1.29, 1.82) is 0 Å². The van der Waals surface area contributed by atoms with Crippen LogP contribution in [0.15, 0.2) is 24.3 Å². The van der Waals surface area contributed by atoms with Crippen LogP contribution in [0.4, 0.5) is 0 Å². The van der Waals surface area contributed by atoms with Gasteiger partial charge < -0.3 is 47.2 Å². The number of carboxylic acid groups (broad SMARTS) is 1. The van der Waals surface area contributed by atoms with Crippen molar-refractivity contribution >= 4 is 41.4 Å². The van der Waals surface area contributed by atoms with Gasteiger partial charge in [-0.2, -0.15) is 0 Å². The molecule has 306 valence electrons. The number of aromatic hydroxyl groups is 1. The molecule has 2 heterocycles. The lowest BCUT2D eigenvalue weighted by atomic mass is 9.99. The number of aliphatic hydroxyl groups excluding tert-OH is 1. The van der Waals surface area contributed by atoms with Gasteiger partial charge in [0, 0.05) is 30.5 Å². The Morgan fingerprint density at radius 1 is 0.873 bits per heavy atom. The van der Waals surface area contributed by atoms with E-state index in [0.29, 0.717) is 24.9 Å². The summed E-state index contributed by atoms with van der Waals surface area (Å²) >= 11 is 0. The molecule has 1 unspecified atom stereocenters. The van der Waals surface area contributed by atoms with Gasteiger partial charge in [0.25, 0.3) is 0 Å². The molecule has 17 nitrogen and oxygen atoms in total. The zero-order valence-corrected chi connectivity index (χ0v) is 32.8. The molecule has 0 radical (unpaired) electrons. The molecule has 0 saturated carbocycles. The van der Waals surface area contributed by atoms with Gasteiger partial charge in [-0.25, -0.2) is 0 Å². The fourth-order valence-corrected chi connectivity index (χ4v) is 7.02. The Morgan fingerprint density at radius 2 is 1.47 bits per heavy atom. The monoisotopic (exact) mass is 773 g/mol. The van der Waals surface area contributed by atoms with Crippen LogP contribution in [-0.4, -0.2) is 122 Å². The van der Waals surface area contributed by atoms with Gasteiger partial charge in [0.15, 0.2) is 0 Å². The molecule has 1 aromatic rings. The molecule has 55 heavy (non-hydrogen) atoms. The number of hydrogen-bond donors (Lipinski definition) is 9. The summed E-state index contributed by atoms with van der Waals surface area (Å²) in [6.45, 7) is 12.2. The van der Waals surface area contributed by atoms with Crippen molar-refractivity contribution in [1.82, 2.24) is 36.8 Å². The minimum absolute atomic E-state index is 0.0325. The second-order valence-electron chi connectivity index (χ2n) is 16.2. The standard InChI is InChI=1S/C38H59N7O10/c1-20(2)15-27-34(52)40-25(19-31(50)51)18-30(49)43-32(22(4)46)36(54)39-21(3)33(37(55)44-38(5,6)7)45-14-8-9-28(45)35(53)41-24(17-29(48)42-27)16-23-10-12-26(47)13-11-23/h10-13,20-22,24-25,27-28,32-33,46-47H,8-9,14-19H2,1-7H3,(H,39,54)(H,40,52)(H,41,53)(H,42,48)(H,43,49)(H,44,55)(H,50,51)/t21?,22-,24+,25-,27+,28+,32+,33+/m1/s1. The summed E-state index contributed by atoms with van der Waals surface area (Å²) in [6.07, 6.45) is -1.68. The first-order valence-corrected chi connectivity index (χ1v) is 18.9. The quantitative estimate of drug-likeness (QED) is 0.168. The van der Waals surface area contributed by atoms with E-state index in [9.17, 15) is 48.9 Å². The maximum Gasteiger partial charge on any atom is 0.305 e. The number of nitrogens with one attached hydrogen (secondary N) is 6. The molecule has 3 rings (SSSR count). The van der Waals surface area contributed by atoms with Crippen molar-refractivity contribution < 1.29 is 48.9 Å². The minimum atomic E-state index is -1.53. The SMILES string of the molecule is CC(C)C[C@@H]1NC(=O)C[C@H](Cc2ccc(O)cc2)NC(=O)[C@@H]2CCCN2[C@H](C(=O)NC(C)(C)C)C(C)NC(=O)[C@H]([C@@H](C)O)NC(=O)C[C@H](CC(=O)O)NC1=O. The highest BCUT2D eigenvalue weighted by Gasteiger charge is 2.43. The van der Waals surface area contributed by atoms with Crippen LogP contribution in [0.2, 0.25) is 0 Å². The average Bonchev–Trinajstić information content (AvgIpc) is 3.51. The van der Waals surface area contributed by atoms with Crippen molar-refractivity contribution in [3.05, 3.63) is 29.8 Å². The van der Waals surface area contributed by atoms with Crippen LogP contribution in [-0.2, 0) is 40.0 Å². The molecule has 2 aliphatic heterocycles. The maximum absolute atomic E-state index is 14.2. The van der Waals surface area contributed by atoms with Crippen LogP contribution >= 0.6 is 0 Å². The minimum Gasteiger partial charge on any atom is -0.508 e. The maximum atomic E-state index is 14.2. The molecule has 17 heteroatoms. The summed E-state index contributed by atoms with van der Waals surface area (Å²) in [7, 11) is 0. The van der Waals surface area contributed by atoms with Crippen molar-refractivity contribution in [3.8, 4) is 5.75 Å². The Labute approximate surface area is 322 Å². The topological polar surface area (TPSA) is 256 Å². The first-order valence-electron chi connectivity index (χ1n) is 18.9. The number of phenols is 1. The van der Waals surface area contributed by atoms with E-state index in [1.54, 1.807) is 44.7 Å². The highest BCUT2D eigenvalue weighted by Crippen LogP contribution is 2.24. The number of nitrogens with zero attached hydrogens (tertiary/aromatic N) is 1. The molecule has 8 atom stereocenters. The Morgan fingerprint density at radius 3 is 2.05 bits per heavy atom. The first kappa shape index (κ1) is 44.6. The van der Waals surface area contributed by atoms with E-state index in [-0.39, 0.29) is 30.9 Å². The van der Waals surface area contributed by atoms with E-state index in [4.69, 9.17) is 0 Å². The predicted molar refractivity (Wildman–Crippen MR) is 201 cm³/mol. The summed E-state index contributed by atoms with van der Waals surface area (Å²) in [5.41, 5.74) is 0.0153. The van der Waals surface area contributed by atoms with E-state index >= 15 is 0 Å². The van der Waals surface area contributed by atoms with Crippen LogP contribution in [0.1, 0.15) is 92.6 Å². The fourth-order valence-electron chi connectivity index (χ4n) is 7.02. The van der Waals surface area contributed by atoms with E-state index in [0.717, 1.165) is 0 Å². The number of aliphatic hydroxyl groups is 1. The lowest BCUT2D eigenvalue weighted by Crippen LogP contribution is -2.64. The molecule has 1 aromatic carbocycles. The Kier molecular flexibility index (Phi) is 16.0. The number of rotatable bonds is 8. The van der Waals surface area contributed by atoms with Crippen molar-refractivity contribution in [2.45, 2.75) is 147 Å². The summed E-state index contributed by atoms with van der Waals surface area (Å²) in [6, 6.07) is -1.32. The molecular formula is C38H59N7O10. The number of carbonyl (C=O) groups is 7. The summed E-state index contributed by atoms with van der Waals surface area (Å²) in [5.74, 6) is -5.28. The van der Waals surface area contributed by atoms with Gasteiger partial charge in [-0.05, 0) is 90.5 Å². The lowest BCUT2D eigenvalue weighted by Gasteiger charge is -2.38. The largest absolute Gasteiger partial charge is 0.508 e. The number of benzene rings is 1. The average molecular weight is 774 g/mol. The highest BCUT2D eigenvalue weighted by atomic mass is 16.4. The molecule has 0 aliphatic carbocycles. The number of fused-ring (bicyclic) bond motifs is 1. The number of amides is 6. The van der Waals surface area contributed by atoms with Gasteiger partial charge >= 0.3 is 5.97 Å². The van der Waals surface area contributed by atoms with Crippen molar-refractivity contribution in [2.24, 2.45) is 5.92 Å². The molecular weight excluding hydrogens is 714 g/mol. The molecule has 2 fully saturated rings. The zero-order valence-electron chi connectivity index (χ0n) is 32.8.